The molecular formula is C16H26ClFN4O. The Kier molecular flexibility index (Phi) is 7.41. The van der Waals surface area contributed by atoms with Crippen LogP contribution in [0.3, 0.4) is 0 Å². The van der Waals surface area contributed by atoms with E-state index in [2.05, 4.69) is 15.1 Å². The van der Waals surface area contributed by atoms with E-state index < -0.39 is 5.82 Å². The van der Waals surface area contributed by atoms with Gasteiger partial charge in [-0.25, -0.2) is 4.39 Å². The number of carbonyl (C=O) groups is 1. The number of benzene rings is 1. The molecule has 23 heavy (non-hydrogen) atoms. The standard InChI is InChI=1S/C16H25FN4O.ClH/c1-16(2,18)12-21-9-7-20(8-10-21)11-15(22)19-14-6-4-3-5-13(14)17;/h3-6H,7-12,18H2,1-2H3,(H,19,22);1H. The van der Waals surface area contributed by atoms with Crippen LogP contribution < -0.4 is 11.1 Å². The molecule has 0 radical (unpaired) electrons. The summed E-state index contributed by atoms with van der Waals surface area (Å²) in [6.07, 6.45) is 0. The number of para-hydroxylation sites is 1. The van der Waals surface area contributed by atoms with Crippen molar-refractivity contribution in [2.24, 2.45) is 5.73 Å². The maximum absolute atomic E-state index is 13.5. The Morgan fingerprint density at radius 1 is 1.22 bits per heavy atom. The first kappa shape index (κ1) is 19.8. The molecule has 0 bridgehead atoms. The fourth-order valence-corrected chi connectivity index (χ4v) is 2.64. The Labute approximate surface area is 143 Å². The zero-order valence-electron chi connectivity index (χ0n) is 13.7. The lowest BCUT2D eigenvalue weighted by Crippen LogP contribution is -2.53. The molecule has 0 spiro atoms. The van der Waals surface area contributed by atoms with Crippen molar-refractivity contribution in [2.75, 3.05) is 44.6 Å². The normalized spacial score (nSPS) is 16.7. The van der Waals surface area contributed by atoms with Gasteiger partial charge in [-0.3, -0.25) is 14.6 Å². The highest BCUT2D eigenvalue weighted by molar-refractivity contribution is 5.92. The lowest BCUT2D eigenvalue weighted by molar-refractivity contribution is -0.117. The van der Waals surface area contributed by atoms with Crippen molar-refractivity contribution in [1.29, 1.82) is 0 Å². The highest BCUT2D eigenvalue weighted by atomic mass is 35.5. The van der Waals surface area contributed by atoms with Gasteiger partial charge >= 0.3 is 0 Å². The Morgan fingerprint density at radius 2 is 1.78 bits per heavy atom. The van der Waals surface area contributed by atoms with E-state index in [1.54, 1.807) is 18.2 Å². The van der Waals surface area contributed by atoms with Gasteiger partial charge in [0, 0.05) is 38.3 Å². The van der Waals surface area contributed by atoms with Gasteiger partial charge < -0.3 is 11.1 Å². The van der Waals surface area contributed by atoms with Gasteiger partial charge in [0.25, 0.3) is 0 Å². The van der Waals surface area contributed by atoms with Crippen molar-refractivity contribution in [3.8, 4) is 0 Å². The number of halogens is 2. The van der Waals surface area contributed by atoms with Crippen LogP contribution in [0.25, 0.3) is 0 Å². The summed E-state index contributed by atoms with van der Waals surface area (Å²) in [6, 6.07) is 6.20. The average Bonchev–Trinajstić information content (AvgIpc) is 2.42. The third-order valence-corrected chi connectivity index (χ3v) is 3.61. The quantitative estimate of drug-likeness (QED) is 0.850. The number of rotatable bonds is 5. The Hall–Kier alpha value is -1.21. The molecule has 0 aliphatic carbocycles. The topological polar surface area (TPSA) is 61.6 Å². The molecule has 0 saturated carbocycles. The number of amides is 1. The number of hydrogen-bond donors (Lipinski definition) is 2. The monoisotopic (exact) mass is 344 g/mol. The van der Waals surface area contributed by atoms with Crippen LogP contribution in [0.2, 0.25) is 0 Å². The second kappa shape index (κ2) is 8.59. The van der Waals surface area contributed by atoms with Gasteiger partial charge in [-0.2, -0.15) is 0 Å². The number of nitrogens with zero attached hydrogens (tertiary/aromatic N) is 2. The lowest BCUT2D eigenvalue weighted by atomic mass is 10.1. The summed E-state index contributed by atoms with van der Waals surface area (Å²) in [7, 11) is 0. The predicted molar refractivity (Wildman–Crippen MR) is 93.4 cm³/mol. The van der Waals surface area contributed by atoms with Crippen molar-refractivity contribution in [1.82, 2.24) is 9.80 Å². The number of nitrogens with one attached hydrogen (secondary N) is 1. The van der Waals surface area contributed by atoms with E-state index in [-0.39, 0.29) is 36.1 Å². The molecule has 3 N–H and O–H groups in total. The number of hydrogen-bond acceptors (Lipinski definition) is 4. The van der Waals surface area contributed by atoms with E-state index in [0.717, 1.165) is 32.7 Å². The zero-order chi connectivity index (χ0) is 16.2. The van der Waals surface area contributed by atoms with Crippen LogP contribution in [0.15, 0.2) is 24.3 Å². The second-order valence-corrected chi connectivity index (χ2v) is 6.57. The minimum absolute atomic E-state index is 0. The second-order valence-electron chi connectivity index (χ2n) is 6.57. The molecule has 1 aliphatic heterocycles. The molecule has 1 aromatic rings. The molecule has 0 unspecified atom stereocenters. The first-order valence-corrected chi connectivity index (χ1v) is 7.61. The van der Waals surface area contributed by atoms with Crippen LogP contribution in [0.4, 0.5) is 10.1 Å². The molecule has 1 aliphatic rings. The molecule has 0 atom stereocenters. The summed E-state index contributed by atoms with van der Waals surface area (Å²) in [5.74, 6) is -0.594. The fraction of sp³-hybridized carbons (Fsp3) is 0.562. The van der Waals surface area contributed by atoms with Crippen LogP contribution in [-0.4, -0.2) is 60.5 Å². The van der Waals surface area contributed by atoms with E-state index in [4.69, 9.17) is 5.73 Å². The predicted octanol–water partition coefficient (Wildman–Crippen LogP) is 1.54. The number of anilines is 1. The number of nitrogens with two attached hydrogens (primary N) is 1. The van der Waals surface area contributed by atoms with E-state index >= 15 is 0 Å². The summed E-state index contributed by atoms with van der Waals surface area (Å²) in [6.45, 7) is 8.60. The molecule has 2 rings (SSSR count). The van der Waals surface area contributed by atoms with Crippen LogP contribution in [-0.2, 0) is 4.79 Å². The Balaban J connectivity index is 0.00000264. The van der Waals surface area contributed by atoms with Crippen molar-refractivity contribution >= 4 is 24.0 Å². The molecular weight excluding hydrogens is 319 g/mol. The van der Waals surface area contributed by atoms with E-state index in [9.17, 15) is 9.18 Å². The van der Waals surface area contributed by atoms with Crippen molar-refractivity contribution in [3.05, 3.63) is 30.1 Å². The zero-order valence-corrected chi connectivity index (χ0v) is 14.5. The van der Waals surface area contributed by atoms with E-state index in [1.165, 1.54) is 6.07 Å². The first-order valence-electron chi connectivity index (χ1n) is 7.61. The van der Waals surface area contributed by atoms with Crippen molar-refractivity contribution in [2.45, 2.75) is 19.4 Å². The SMILES string of the molecule is CC(C)(N)CN1CCN(CC(=O)Nc2ccccc2F)CC1.Cl. The van der Waals surface area contributed by atoms with Gasteiger partial charge in [-0.1, -0.05) is 12.1 Å². The number of carbonyl (C=O) groups excluding carboxylic acids is 1. The van der Waals surface area contributed by atoms with Gasteiger partial charge in [0.15, 0.2) is 0 Å². The van der Waals surface area contributed by atoms with Crippen molar-refractivity contribution < 1.29 is 9.18 Å². The maximum atomic E-state index is 13.5. The van der Waals surface area contributed by atoms with E-state index in [0.29, 0.717) is 0 Å². The summed E-state index contributed by atoms with van der Waals surface area (Å²) in [5, 5.41) is 2.62. The van der Waals surface area contributed by atoms with Gasteiger partial charge in [-0.15, -0.1) is 12.4 Å². The molecule has 1 aromatic carbocycles. The smallest absolute Gasteiger partial charge is 0.238 e. The molecule has 1 fully saturated rings. The third kappa shape index (κ3) is 6.83. The molecule has 1 heterocycles. The van der Waals surface area contributed by atoms with Gasteiger partial charge in [0.2, 0.25) is 5.91 Å². The van der Waals surface area contributed by atoms with Gasteiger partial charge in [0.1, 0.15) is 5.82 Å². The summed E-state index contributed by atoms with van der Waals surface area (Å²) in [4.78, 5) is 16.4. The average molecular weight is 345 g/mol. The van der Waals surface area contributed by atoms with Crippen LogP contribution in [0, 0.1) is 5.82 Å². The van der Waals surface area contributed by atoms with E-state index in [1.807, 2.05) is 13.8 Å². The Bertz CT molecular complexity index is 513. The summed E-state index contributed by atoms with van der Waals surface area (Å²) < 4.78 is 13.5. The summed E-state index contributed by atoms with van der Waals surface area (Å²) >= 11 is 0. The van der Waals surface area contributed by atoms with Crippen LogP contribution >= 0.6 is 12.4 Å². The molecule has 7 heteroatoms. The highest BCUT2D eigenvalue weighted by Gasteiger charge is 2.23. The van der Waals surface area contributed by atoms with Crippen LogP contribution in [0.5, 0.6) is 0 Å². The first-order chi connectivity index (χ1) is 10.3. The largest absolute Gasteiger partial charge is 0.324 e. The fourth-order valence-electron chi connectivity index (χ4n) is 2.64. The highest BCUT2D eigenvalue weighted by Crippen LogP contribution is 2.12. The molecule has 130 valence electrons. The minimum Gasteiger partial charge on any atom is -0.324 e. The lowest BCUT2D eigenvalue weighted by Gasteiger charge is -2.37. The molecule has 0 aromatic heterocycles. The van der Waals surface area contributed by atoms with Crippen molar-refractivity contribution in [3.63, 3.8) is 0 Å². The number of piperazine rings is 1. The maximum Gasteiger partial charge on any atom is 0.238 e. The molecule has 5 nitrogen and oxygen atoms in total. The summed E-state index contributed by atoms with van der Waals surface area (Å²) in [5.41, 5.74) is 6.06. The minimum atomic E-state index is -0.411. The third-order valence-electron chi connectivity index (χ3n) is 3.61. The van der Waals surface area contributed by atoms with Crippen LogP contribution in [0.1, 0.15) is 13.8 Å². The van der Waals surface area contributed by atoms with Gasteiger partial charge in [0.05, 0.1) is 12.2 Å². The molecule has 1 saturated heterocycles. The molecule has 1 amide bonds. The van der Waals surface area contributed by atoms with Gasteiger partial charge in [-0.05, 0) is 26.0 Å². The Morgan fingerprint density at radius 3 is 2.35 bits per heavy atom.